The molecule has 7 heteroatoms. The molecule has 1 aromatic carbocycles. The standard InChI is InChI=1S/C15H23N3O4/c1-11(15(20)22-4)7-8-18(10-19)14-9-12(16-21)5-6-13(14)17(2)3/h5-6,9-11,16,21H,7-8H2,1-4H3/p+1. The molecule has 1 unspecified atom stereocenters. The average molecular weight is 310 g/mol. The topological polar surface area (TPSA) is 86.7 Å². The fourth-order valence-corrected chi connectivity index (χ4v) is 2.11. The SMILES string of the molecule is COC(=O)C(C)CCN(C=O)c1cc([NH2+]O)ccc1N(C)C. The zero-order chi connectivity index (χ0) is 16.7. The number of nitrogens with zero attached hydrogens (tertiary/aromatic N) is 2. The molecule has 0 spiro atoms. The number of carbonyl (C=O) groups excluding carboxylic acids is 2. The van der Waals surface area contributed by atoms with Crippen molar-refractivity contribution in [1.82, 2.24) is 0 Å². The van der Waals surface area contributed by atoms with Gasteiger partial charge < -0.3 is 14.5 Å². The van der Waals surface area contributed by atoms with Gasteiger partial charge in [-0.3, -0.25) is 9.59 Å². The van der Waals surface area contributed by atoms with Crippen LogP contribution in [0.1, 0.15) is 13.3 Å². The zero-order valence-corrected chi connectivity index (χ0v) is 13.4. The number of carbonyl (C=O) groups is 2. The highest BCUT2D eigenvalue weighted by Crippen LogP contribution is 2.29. The van der Waals surface area contributed by atoms with E-state index in [1.165, 1.54) is 12.0 Å². The molecule has 122 valence electrons. The summed E-state index contributed by atoms with van der Waals surface area (Å²) in [7, 11) is 5.10. The Labute approximate surface area is 130 Å². The van der Waals surface area contributed by atoms with Crippen LogP contribution in [-0.4, -0.2) is 45.3 Å². The van der Waals surface area contributed by atoms with E-state index in [2.05, 4.69) is 0 Å². The van der Waals surface area contributed by atoms with Gasteiger partial charge in [0.25, 0.3) is 0 Å². The summed E-state index contributed by atoms with van der Waals surface area (Å²) >= 11 is 0. The Bertz CT molecular complexity index is 520. The van der Waals surface area contributed by atoms with Gasteiger partial charge in [0.1, 0.15) is 0 Å². The average Bonchev–Trinajstić information content (AvgIpc) is 2.53. The lowest BCUT2D eigenvalue weighted by molar-refractivity contribution is -0.825. The van der Waals surface area contributed by atoms with E-state index in [0.29, 0.717) is 24.3 Å². The van der Waals surface area contributed by atoms with Crippen LogP contribution in [0.3, 0.4) is 0 Å². The van der Waals surface area contributed by atoms with Gasteiger partial charge >= 0.3 is 5.97 Å². The molecule has 0 aliphatic heterocycles. The minimum absolute atomic E-state index is 0.289. The summed E-state index contributed by atoms with van der Waals surface area (Å²) < 4.78 is 4.69. The number of benzene rings is 1. The predicted molar refractivity (Wildman–Crippen MR) is 83.3 cm³/mol. The molecule has 1 amide bonds. The molecule has 0 saturated heterocycles. The second-order valence-electron chi connectivity index (χ2n) is 5.28. The zero-order valence-electron chi connectivity index (χ0n) is 13.4. The van der Waals surface area contributed by atoms with Gasteiger partial charge in [-0.25, -0.2) is 5.21 Å². The summed E-state index contributed by atoms with van der Waals surface area (Å²) in [6.45, 7) is 2.15. The van der Waals surface area contributed by atoms with Crippen molar-refractivity contribution < 1.29 is 25.0 Å². The molecule has 0 fully saturated rings. The van der Waals surface area contributed by atoms with Gasteiger partial charge in [0.05, 0.1) is 24.4 Å². The molecule has 1 atom stereocenters. The largest absolute Gasteiger partial charge is 0.469 e. The van der Waals surface area contributed by atoms with Crippen LogP contribution >= 0.6 is 0 Å². The molecule has 0 bridgehead atoms. The number of nitrogens with two attached hydrogens (primary N) is 1. The van der Waals surface area contributed by atoms with E-state index >= 15 is 0 Å². The number of ether oxygens (including phenoxy) is 1. The molecule has 0 aliphatic carbocycles. The third-order valence-corrected chi connectivity index (χ3v) is 3.47. The Morgan fingerprint density at radius 2 is 2.09 bits per heavy atom. The highest BCUT2D eigenvalue weighted by molar-refractivity contribution is 5.85. The van der Waals surface area contributed by atoms with E-state index in [1.54, 1.807) is 19.1 Å². The Morgan fingerprint density at radius 3 is 2.59 bits per heavy atom. The smallest absolute Gasteiger partial charge is 0.308 e. The minimum Gasteiger partial charge on any atom is -0.469 e. The third-order valence-electron chi connectivity index (χ3n) is 3.47. The third kappa shape index (κ3) is 4.44. The van der Waals surface area contributed by atoms with Gasteiger partial charge in [-0.2, -0.15) is 5.48 Å². The molecule has 0 saturated carbocycles. The lowest BCUT2D eigenvalue weighted by Crippen LogP contribution is -2.73. The Kier molecular flexibility index (Phi) is 6.81. The normalized spacial score (nSPS) is 11.7. The molecule has 0 radical (unpaired) electrons. The van der Waals surface area contributed by atoms with Crippen LogP contribution in [0.2, 0.25) is 0 Å². The molecule has 0 aliphatic rings. The molecule has 7 nitrogen and oxygen atoms in total. The Hall–Kier alpha value is -2.12. The second kappa shape index (κ2) is 8.35. The van der Waals surface area contributed by atoms with Crippen LogP contribution in [-0.2, 0) is 14.3 Å². The molecule has 1 rings (SSSR count). The van der Waals surface area contributed by atoms with Gasteiger partial charge in [0, 0.05) is 32.8 Å². The van der Waals surface area contributed by atoms with E-state index < -0.39 is 0 Å². The van der Waals surface area contributed by atoms with Crippen LogP contribution in [0.25, 0.3) is 0 Å². The fraction of sp³-hybridized carbons (Fsp3) is 0.467. The van der Waals surface area contributed by atoms with Gasteiger partial charge in [-0.15, -0.1) is 0 Å². The van der Waals surface area contributed by atoms with Crippen molar-refractivity contribution in [3.05, 3.63) is 18.2 Å². The number of rotatable bonds is 8. The maximum Gasteiger partial charge on any atom is 0.308 e. The second-order valence-corrected chi connectivity index (χ2v) is 5.28. The van der Waals surface area contributed by atoms with Crippen LogP contribution in [0.4, 0.5) is 17.1 Å². The van der Waals surface area contributed by atoms with Crippen LogP contribution in [0.5, 0.6) is 0 Å². The first-order valence-corrected chi connectivity index (χ1v) is 7.03. The van der Waals surface area contributed by atoms with Gasteiger partial charge in [0.2, 0.25) is 6.41 Å². The summed E-state index contributed by atoms with van der Waals surface area (Å²) in [6, 6.07) is 5.32. The summed E-state index contributed by atoms with van der Waals surface area (Å²) in [6.07, 6.45) is 1.22. The molecule has 1 aromatic rings. The highest BCUT2D eigenvalue weighted by atomic mass is 16.5. The predicted octanol–water partition coefficient (Wildman–Crippen LogP) is 0.499. The van der Waals surface area contributed by atoms with E-state index in [1.807, 2.05) is 25.1 Å². The highest BCUT2D eigenvalue weighted by Gasteiger charge is 2.18. The molecule has 0 heterocycles. The van der Waals surface area contributed by atoms with Crippen molar-refractivity contribution in [1.29, 1.82) is 0 Å². The number of anilines is 2. The summed E-state index contributed by atoms with van der Waals surface area (Å²) in [5, 5.41) is 9.16. The fourth-order valence-electron chi connectivity index (χ4n) is 2.11. The maximum absolute atomic E-state index is 11.5. The van der Waals surface area contributed by atoms with Crippen LogP contribution < -0.4 is 15.3 Å². The Balaban J connectivity index is 2.98. The quantitative estimate of drug-likeness (QED) is 0.316. The number of esters is 1. The summed E-state index contributed by atoms with van der Waals surface area (Å²) in [5.41, 5.74) is 3.12. The van der Waals surface area contributed by atoms with E-state index in [0.717, 1.165) is 17.6 Å². The van der Waals surface area contributed by atoms with Crippen molar-refractivity contribution in [2.24, 2.45) is 5.92 Å². The first kappa shape index (κ1) is 17.9. The lowest BCUT2D eigenvalue weighted by atomic mass is 10.1. The van der Waals surface area contributed by atoms with Crippen LogP contribution in [0, 0.1) is 5.92 Å². The van der Waals surface area contributed by atoms with Crippen molar-refractivity contribution in [2.45, 2.75) is 13.3 Å². The number of amides is 1. The maximum atomic E-state index is 11.5. The van der Waals surface area contributed by atoms with Gasteiger partial charge in [-0.05, 0) is 12.5 Å². The number of hydrogen-bond acceptors (Lipinski definition) is 5. The first-order chi connectivity index (χ1) is 10.4. The number of methoxy groups -OCH3 is 1. The Morgan fingerprint density at radius 1 is 1.41 bits per heavy atom. The van der Waals surface area contributed by atoms with Crippen molar-refractivity contribution in [2.75, 3.05) is 37.5 Å². The molecular weight excluding hydrogens is 286 g/mol. The molecular formula is C15H24N3O4+. The van der Waals surface area contributed by atoms with Crippen LogP contribution in [0.15, 0.2) is 18.2 Å². The van der Waals surface area contributed by atoms with E-state index in [4.69, 9.17) is 9.94 Å². The number of hydrogen-bond donors (Lipinski definition) is 2. The minimum atomic E-state index is -0.295. The molecule has 0 aromatic heterocycles. The lowest BCUT2D eigenvalue weighted by Gasteiger charge is -2.25. The van der Waals surface area contributed by atoms with Crippen molar-refractivity contribution >= 4 is 29.4 Å². The van der Waals surface area contributed by atoms with Crippen molar-refractivity contribution in [3.8, 4) is 0 Å². The van der Waals surface area contributed by atoms with E-state index in [-0.39, 0.29) is 11.9 Å². The van der Waals surface area contributed by atoms with Gasteiger partial charge in [-0.1, -0.05) is 6.92 Å². The number of quaternary nitrogens is 1. The molecule has 3 N–H and O–H groups in total. The molecule has 22 heavy (non-hydrogen) atoms. The summed E-state index contributed by atoms with van der Waals surface area (Å²) in [4.78, 5) is 26.3. The monoisotopic (exact) mass is 310 g/mol. The van der Waals surface area contributed by atoms with Gasteiger partial charge in [0.15, 0.2) is 5.69 Å². The summed E-state index contributed by atoms with van der Waals surface area (Å²) in [5.74, 6) is -0.584. The first-order valence-electron chi connectivity index (χ1n) is 7.03. The van der Waals surface area contributed by atoms with E-state index in [9.17, 15) is 9.59 Å². The van der Waals surface area contributed by atoms with Crippen molar-refractivity contribution in [3.63, 3.8) is 0 Å².